The van der Waals surface area contributed by atoms with E-state index in [1.54, 1.807) is 77.9 Å². The Balaban J connectivity index is 0.000000518. The molecule has 0 heterocycles. The molecule has 3 rings (SSSR count). The molecule has 9 nitrogen and oxygen atoms in total. The van der Waals surface area contributed by atoms with E-state index in [4.69, 9.17) is 0 Å². The lowest BCUT2D eigenvalue weighted by Gasteiger charge is -2.11. The molecular weight excluding hydrogens is 555 g/mol. The second-order valence-corrected chi connectivity index (χ2v) is 12.0. The lowest BCUT2D eigenvalue weighted by Crippen LogP contribution is -2.02. The lowest BCUT2D eigenvalue weighted by molar-refractivity contribution is 0.460. The van der Waals surface area contributed by atoms with Gasteiger partial charge in [0.15, 0.2) is 0 Å². The van der Waals surface area contributed by atoms with Crippen LogP contribution in [0.1, 0.15) is 33.4 Å². The molecule has 0 saturated heterocycles. The monoisotopic (exact) mass is 582 g/mol. The molecule has 201 valence electrons. The van der Waals surface area contributed by atoms with Crippen molar-refractivity contribution in [3.63, 3.8) is 0 Å². The maximum absolute atomic E-state index is 10.7. The highest BCUT2D eigenvalue weighted by Gasteiger charge is 2.07. The topological polar surface area (TPSA) is 172 Å². The molecule has 0 N–H and O–H groups in total. The number of hydrogen-bond acceptors (Lipinski definition) is 9. The molecule has 0 aliphatic carbocycles. The van der Waals surface area contributed by atoms with E-state index in [0.717, 1.165) is 16.7 Å². The van der Waals surface area contributed by atoms with Crippen LogP contribution in [0.2, 0.25) is 0 Å². The average molecular weight is 583 g/mol. The molecule has 0 aliphatic heterocycles. The Morgan fingerprint density at radius 2 is 0.622 bits per heavy atom. The van der Waals surface area contributed by atoms with Crippen molar-refractivity contribution >= 4 is 47.7 Å². The molecule has 37 heavy (non-hydrogen) atoms. The van der Waals surface area contributed by atoms with Crippen LogP contribution in [-0.2, 0) is 30.4 Å². The molecular formula is C24H27AlO9S3-3. The fraction of sp³-hybridized carbons (Fsp3) is 0.250. The third kappa shape index (κ3) is 10.3. The summed E-state index contributed by atoms with van der Waals surface area (Å²) < 4.78 is 95.9. The maximum atomic E-state index is 10.7. The Bertz CT molecular complexity index is 1370. The van der Waals surface area contributed by atoms with E-state index in [0.29, 0.717) is 16.7 Å². The second-order valence-electron chi connectivity index (χ2n) is 7.96. The van der Waals surface area contributed by atoms with E-state index in [1.807, 2.05) is 0 Å². The van der Waals surface area contributed by atoms with Crippen LogP contribution < -0.4 is 0 Å². The normalized spacial score (nSPS) is 11.3. The third-order valence-electron chi connectivity index (χ3n) is 5.47. The van der Waals surface area contributed by atoms with Crippen molar-refractivity contribution in [2.24, 2.45) is 0 Å². The summed E-state index contributed by atoms with van der Waals surface area (Å²) in [5.41, 5.74) is 4.04. The van der Waals surface area contributed by atoms with E-state index in [1.165, 1.54) is 18.2 Å². The molecule has 0 saturated carbocycles. The highest BCUT2D eigenvalue weighted by atomic mass is 32.2. The molecule has 0 unspecified atom stereocenters. The molecule has 3 aromatic carbocycles. The molecule has 3 radical (unpaired) electrons. The smallest absolute Gasteiger partial charge is 0.124 e. The zero-order valence-corrected chi connectivity index (χ0v) is 24.8. The van der Waals surface area contributed by atoms with Crippen molar-refractivity contribution < 1.29 is 38.9 Å². The minimum Gasteiger partial charge on any atom is -0.744 e. The van der Waals surface area contributed by atoms with Crippen LogP contribution in [-0.4, -0.2) is 56.3 Å². The fourth-order valence-corrected chi connectivity index (χ4v) is 5.33. The van der Waals surface area contributed by atoms with Crippen LogP contribution in [0.25, 0.3) is 0 Å². The third-order valence-corrected chi connectivity index (χ3v) is 8.42. The van der Waals surface area contributed by atoms with E-state index in [2.05, 4.69) is 0 Å². The standard InChI is InChI=1S/3C8H10O3S.Al/c3*1-6-4-3-5-8(7(6)2)12(9,10)11;/h3*3-5H,1-2H3,(H,9,10,11);/p-3. The quantitative estimate of drug-likeness (QED) is 0.332. The summed E-state index contributed by atoms with van der Waals surface area (Å²) in [6, 6.07) is 14.0. The lowest BCUT2D eigenvalue weighted by atomic mass is 10.1. The van der Waals surface area contributed by atoms with Gasteiger partial charge in [0.1, 0.15) is 30.4 Å². The minimum atomic E-state index is -4.31. The van der Waals surface area contributed by atoms with Gasteiger partial charge in [0.2, 0.25) is 0 Å². The summed E-state index contributed by atoms with van der Waals surface area (Å²) in [7, 11) is -12.9. The summed E-state index contributed by atoms with van der Waals surface area (Å²) in [6.07, 6.45) is 0. The predicted molar refractivity (Wildman–Crippen MR) is 137 cm³/mol. The second kappa shape index (κ2) is 13.6. The van der Waals surface area contributed by atoms with Gasteiger partial charge >= 0.3 is 0 Å². The average Bonchev–Trinajstić information content (AvgIpc) is 2.72. The van der Waals surface area contributed by atoms with Crippen molar-refractivity contribution in [1.82, 2.24) is 0 Å². The predicted octanol–water partition coefficient (Wildman–Crippen LogP) is 3.24. The first-order valence-electron chi connectivity index (χ1n) is 10.3. The van der Waals surface area contributed by atoms with Crippen molar-refractivity contribution in [2.45, 2.75) is 56.2 Å². The van der Waals surface area contributed by atoms with Crippen molar-refractivity contribution in [3.8, 4) is 0 Å². The van der Waals surface area contributed by atoms with Gasteiger partial charge in [-0.15, -0.1) is 0 Å². The first-order valence-corrected chi connectivity index (χ1v) is 14.6. The highest BCUT2D eigenvalue weighted by Crippen LogP contribution is 2.19. The van der Waals surface area contributed by atoms with E-state index in [9.17, 15) is 38.9 Å². The van der Waals surface area contributed by atoms with Gasteiger partial charge in [0.25, 0.3) is 0 Å². The van der Waals surface area contributed by atoms with Crippen LogP contribution in [0.4, 0.5) is 0 Å². The van der Waals surface area contributed by atoms with Crippen molar-refractivity contribution in [1.29, 1.82) is 0 Å². The van der Waals surface area contributed by atoms with Crippen LogP contribution in [0, 0.1) is 41.5 Å². The first kappa shape index (κ1) is 34.9. The SMILES string of the molecule is Cc1cccc(S(=O)(=O)[O-])c1C.Cc1cccc(S(=O)(=O)[O-])c1C.Cc1cccc(S(=O)(=O)[O-])c1C.[Al]. The van der Waals surface area contributed by atoms with E-state index >= 15 is 0 Å². The van der Waals surface area contributed by atoms with E-state index in [-0.39, 0.29) is 32.0 Å². The van der Waals surface area contributed by atoms with Gasteiger partial charge in [0, 0.05) is 17.4 Å². The number of benzene rings is 3. The molecule has 0 aromatic heterocycles. The summed E-state index contributed by atoms with van der Waals surface area (Å²) in [5, 5.41) is 0. The van der Waals surface area contributed by atoms with Gasteiger partial charge < -0.3 is 13.7 Å². The maximum Gasteiger partial charge on any atom is 0.124 e. The van der Waals surface area contributed by atoms with Gasteiger partial charge in [-0.3, -0.25) is 0 Å². The van der Waals surface area contributed by atoms with Crippen LogP contribution in [0.15, 0.2) is 69.3 Å². The molecule has 0 atom stereocenters. The van der Waals surface area contributed by atoms with Crippen molar-refractivity contribution in [2.75, 3.05) is 0 Å². The number of rotatable bonds is 3. The van der Waals surface area contributed by atoms with Crippen LogP contribution in [0.5, 0.6) is 0 Å². The first-order chi connectivity index (χ1) is 16.3. The summed E-state index contributed by atoms with van der Waals surface area (Å²) in [4.78, 5) is -0.368. The number of aryl methyl sites for hydroxylation is 3. The summed E-state index contributed by atoms with van der Waals surface area (Å²) in [5.74, 6) is 0. The summed E-state index contributed by atoms with van der Waals surface area (Å²) >= 11 is 0. The zero-order valence-electron chi connectivity index (χ0n) is 21.2. The molecule has 0 fully saturated rings. The molecule has 0 bridgehead atoms. The number of hydrogen-bond donors (Lipinski definition) is 0. The minimum absolute atomic E-state index is 0. The van der Waals surface area contributed by atoms with Gasteiger partial charge in [-0.2, -0.15) is 0 Å². The van der Waals surface area contributed by atoms with Gasteiger partial charge in [-0.25, -0.2) is 25.3 Å². The Labute approximate surface area is 230 Å². The van der Waals surface area contributed by atoms with Crippen molar-refractivity contribution in [3.05, 3.63) is 88.0 Å². The fourth-order valence-electron chi connectivity index (χ4n) is 2.99. The van der Waals surface area contributed by atoms with Crippen LogP contribution in [0.3, 0.4) is 0 Å². The van der Waals surface area contributed by atoms with Gasteiger partial charge in [0.05, 0.1) is 14.7 Å². The van der Waals surface area contributed by atoms with Gasteiger partial charge in [-0.05, 0) is 93.1 Å². The summed E-state index contributed by atoms with van der Waals surface area (Å²) in [6.45, 7) is 10.2. The zero-order chi connectivity index (χ0) is 28.1. The Morgan fingerprint density at radius 1 is 0.432 bits per heavy atom. The van der Waals surface area contributed by atoms with Crippen LogP contribution >= 0.6 is 0 Å². The molecule has 13 heteroatoms. The highest BCUT2D eigenvalue weighted by molar-refractivity contribution is 7.86. The largest absolute Gasteiger partial charge is 0.744 e. The molecule has 0 spiro atoms. The molecule has 0 amide bonds. The molecule has 0 aliphatic rings. The Hall–Kier alpha value is -2.08. The molecule has 3 aromatic rings. The Kier molecular flexibility index (Phi) is 12.9. The Morgan fingerprint density at radius 3 is 0.757 bits per heavy atom. The van der Waals surface area contributed by atoms with Gasteiger partial charge in [-0.1, -0.05) is 36.4 Å². The van der Waals surface area contributed by atoms with E-state index < -0.39 is 30.4 Å².